The maximum Gasteiger partial charge on any atom is 0.146 e. The van der Waals surface area contributed by atoms with Gasteiger partial charge in [-0.25, -0.2) is 0 Å². The van der Waals surface area contributed by atoms with E-state index in [1.54, 1.807) is 7.11 Å². The standard InChI is InChI=1S/C18H32O3/c1-4-5-6-7-14-20-16-21-15-8-9-17-10-12-18(2,19-3)13-11-17/h10-12H,4-9,13-16H2,1-3H3. The van der Waals surface area contributed by atoms with Crippen molar-refractivity contribution in [2.45, 2.75) is 64.4 Å². The van der Waals surface area contributed by atoms with Gasteiger partial charge in [0, 0.05) is 20.3 Å². The van der Waals surface area contributed by atoms with Gasteiger partial charge in [-0.05, 0) is 32.6 Å². The molecule has 0 N–H and O–H groups in total. The molecule has 0 aromatic carbocycles. The minimum Gasteiger partial charge on any atom is -0.374 e. The molecular weight excluding hydrogens is 264 g/mol. The Morgan fingerprint density at radius 1 is 1.10 bits per heavy atom. The Hall–Kier alpha value is -0.640. The van der Waals surface area contributed by atoms with Crippen LogP contribution in [0.25, 0.3) is 0 Å². The highest BCUT2D eigenvalue weighted by Gasteiger charge is 2.20. The number of hydrogen-bond donors (Lipinski definition) is 0. The molecule has 0 aromatic rings. The Labute approximate surface area is 130 Å². The first-order chi connectivity index (χ1) is 10.2. The molecule has 0 bridgehead atoms. The number of hydrogen-bond acceptors (Lipinski definition) is 3. The summed E-state index contributed by atoms with van der Waals surface area (Å²) in [5.41, 5.74) is 1.26. The second kappa shape index (κ2) is 11.0. The van der Waals surface area contributed by atoms with Crippen LogP contribution in [-0.4, -0.2) is 32.7 Å². The van der Waals surface area contributed by atoms with Gasteiger partial charge in [0.1, 0.15) is 6.79 Å². The maximum atomic E-state index is 5.50. The minimum atomic E-state index is -0.119. The summed E-state index contributed by atoms with van der Waals surface area (Å²) in [5, 5.41) is 0. The lowest BCUT2D eigenvalue weighted by molar-refractivity contribution is -0.0551. The summed E-state index contributed by atoms with van der Waals surface area (Å²) in [5.74, 6) is 0. The van der Waals surface area contributed by atoms with Crippen molar-refractivity contribution in [1.82, 2.24) is 0 Å². The SMILES string of the molecule is CCCCCCOCOCCCC1=CCC(C)(OC)C=C1. The highest BCUT2D eigenvalue weighted by Crippen LogP contribution is 2.25. The van der Waals surface area contributed by atoms with Crippen LogP contribution >= 0.6 is 0 Å². The summed E-state index contributed by atoms with van der Waals surface area (Å²) >= 11 is 0. The highest BCUT2D eigenvalue weighted by molar-refractivity contribution is 5.27. The summed E-state index contributed by atoms with van der Waals surface area (Å²) in [6.45, 7) is 6.35. The van der Waals surface area contributed by atoms with Crippen molar-refractivity contribution < 1.29 is 14.2 Å². The molecule has 21 heavy (non-hydrogen) atoms. The summed E-state index contributed by atoms with van der Waals surface area (Å²) in [6, 6.07) is 0. The topological polar surface area (TPSA) is 27.7 Å². The van der Waals surface area contributed by atoms with Crippen molar-refractivity contribution in [2.24, 2.45) is 0 Å². The van der Waals surface area contributed by atoms with Gasteiger partial charge < -0.3 is 14.2 Å². The lowest BCUT2D eigenvalue weighted by Gasteiger charge is -2.26. The second-order valence-electron chi connectivity index (χ2n) is 5.93. The third kappa shape index (κ3) is 8.40. The molecule has 0 fully saturated rings. The molecule has 0 aromatic heterocycles. The van der Waals surface area contributed by atoms with E-state index in [1.807, 2.05) is 0 Å². The van der Waals surface area contributed by atoms with E-state index in [0.29, 0.717) is 6.79 Å². The summed E-state index contributed by atoms with van der Waals surface area (Å²) in [7, 11) is 1.76. The number of allylic oxidation sites excluding steroid dienone is 2. The lowest BCUT2D eigenvalue weighted by atomic mass is 9.92. The molecule has 0 amide bonds. The van der Waals surface area contributed by atoms with Crippen molar-refractivity contribution >= 4 is 0 Å². The van der Waals surface area contributed by atoms with Crippen molar-refractivity contribution in [3.05, 3.63) is 23.8 Å². The lowest BCUT2D eigenvalue weighted by Crippen LogP contribution is -2.25. The van der Waals surface area contributed by atoms with Crippen LogP contribution in [0.5, 0.6) is 0 Å². The Morgan fingerprint density at radius 3 is 2.48 bits per heavy atom. The van der Waals surface area contributed by atoms with E-state index in [4.69, 9.17) is 14.2 Å². The van der Waals surface area contributed by atoms with Crippen LogP contribution < -0.4 is 0 Å². The van der Waals surface area contributed by atoms with Crippen molar-refractivity contribution in [3.8, 4) is 0 Å². The second-order valence-corrected chi connectivity index (χ2v) is 5.93. The van der Waals surface area contributed by atoms with Crippen LogP contribution in [0, 0.1) is 0 Å². The quantitative estimate of drug-likeness (QED) is 0.388. The van der Waals surface area contributed by atoms with E-state index in [9.17, 15) is 0 Å². The molecule has 1 rings (SSSR count). The van der Waals surface area contributed by atoms with Gasteiger partial charge in [-0.1, -0.05) is 50.0 Å². The molecule has 0 saturated heterocycles. The van der Waals surface area contributed by atoms with Crippen LogP contribution in [0.2, 0.25) is 0 Å². The van der Waals surface area contributed by atoms with Gasteiger partial charge in [-0.2, -0.15) is 0 Å². The predicted octanol–water partition coefficient (Wildman–Crippen LogP) is 4.63. The molecule has 1 aliphatic carbocycles. The number of methoxy groups -OCH3 is 1. The monoisotopic (exact) mass is 296 g/mol. The van der Waals surface area contributed by atoms with Gasteiger partial charge in [0.25, 0.3) is 0 Å². The molecule has 0 aliphatic heterocycles. The van der Waals surface area contributed by atoms with Crippen molar-refractivity contribution in [1.29, 1.82) is 0 Å². The molecule has 0 radical (unpaired) electrons. The van der Waals surface area contributed by atoms with Gasteiger partial charge in [0.15, 0.2) is 0 Å². The van der Waals surface area contributed by atoms with Crippen molar-refractivity contribution in [3.63, 3.8) is 0 Å². The summed E-state index contributed by atoms with van der Waals surface area (Å²) in [6.07, 6.45) is 14.6. The first-order valence-corrected chi connectivity index (χ1v) is 8.29. The molecule has 3 heteroatoms. The molecule has 1 atom stereocenters. The Kier molecular flexibility index (Phi) is 9.64. The summed E-state index contributed by atoms with van der Waals surface area (Å²) < 4.78 is 16.4. The molecule has 0 spiro atoms. The Morgan fingerprint density at radius 2 is 1.86 bits per heavy atom. The van der Waals surface area contributed by atoms with Gasteiger partial charge in [-0.3, -0.25) is 0 Å². The molecule has 0 saturated carbocycles. The maximum absolute atomic E-state index is 5.50. The number of unbranched alkanes of at least 4 members (excludes halogenated alkanes) is 3. The van der Waals surface area contributed by atoms with Crippen LogP contribution in [0.1, 0.15) is 58.8 Å². The van der Waals surface area contributed by atoms with Gasteiger partial charge >= 0.3 is 0 Å². The molecule has 1 unspecified atom stereocenters. The van der Waals surface area contributed by atoms with E-state index in [-0.39, 0.29) is 5.60 Å². The average molecular weight is 296 g/mol. The first-order valence-electron chi connectivity index (χ1n) is 8.29. The van der Waals surface area contributed by atoms with E-state index in [0.717, 1.165) is 38.9 Å². The summed E-state index contributed by atoms with van der Waals surface area (Å²) in [4.78, 5) is 0. The molecule has 3 nitrogen and oxygen atoms in total. The van der Waals surface area contributed by atoms with Crippen molar-refractivity contribution in [2.75, 3.05) is 27.1 Å². The zero-order valence-electron chi connectivity index (χ0n) is 14.0. The van der Waals surface area contributed by atoms with Gasteiger partial charge in [-0.15, -0.1) is 0 Å². The van der Waals surface area contributed by atoms with Crippen LogP contribution in [0.3, 0.4) is 0 Å². The average Bonchev–Trinajstić information content (AvgIpc) is 2.51. The fraction of sp³-hybridized carbons (Fsp3) is 0.778. The minimum absolute atomic E-state index is 0.119. The fourth-order valence-corrected chi connectivity index (χ4v) is 2.28. The highest BCUT2D eigenvalue weighted by atomic mass is 16.7. The smallest absolute Gasteiger partial charge is 0.146 e. The number of ether oxygens (including phenoxy) is 3. The van der Waals surface area contributed by atoms with Gasteiger partial charge in [0.2, 0.25) is 0 Å². The zero-order chi connectivity index (χ0) is 15.4. The largest absolute Gasteiger partial charge is 0.374 e. The molecule has 0 heterocycles. The van der Waals surface area contributed by atoms with Crippen LogP contribution in [-0.2, 0) is 14.2 Å². The fourth-order valence-electron chi connectivity index (χ4n) is 2.28. The van der Waals surface area contributed by atoms with E-state index >= 15 is 0 Å². The normalized spacial score (nSPS) is 21.6. The van der Waals surface area contributed by atoms with E-state index < -0.39 is 0 Å². The van der Waals surface area contributed by atoms with E-state index in [1.165, 1.54) is 24.8 Å². The molecule has 1 aliphatic rings. The Bertz CT molecular complexity index is 322. The molecule has 122 valence electrons. The van der Waals surface area contributed by atoms with Gasteiger partial charge in [0.05, 0.1) is 5.60 Å². The number of rotatable bonds is 12. The third-order valence-electron chi connectivity index (χ3n) is 3.95. The Balaban J connectivity index is 1.93. The molecular formula is C18H32O3. The predicted molar refractivity (Wildman–Crippen MR) is 87.4 cm³/mol. The van der Waals surface area contributed by atoms with Crippen LogP contribution in [0.15, 0.2) is 23.8 Å². The zero-order valence-corrected chi connectivity index (χ0v) is 14.0. The first kappa shape index (κ1) is 18.4. The van der Waals surface area contributed by atoms with Crippen LogP contribution in [0.4, 0.5) is 0 Å². The third-order valence-corrected chi connectivity index (χ3v) is 3.95. The van der Waals surface area contributed by atoms with E-state index in [2.05, 4.69) is 32.1 Å².